The molecule has 0 amide bonds. The number of nitrogens with two attached hydrogens (primary N) is 2. The highest BCUT2D eigenvalue weighted by atomic mass is 15.4. The molecule has 0 aliphatic heterocycles. The fourth-order valence-electron chi connectivity index (χ4n) is 1.89. The predicted molar refractivity (Wildman–Crippen MR) is 98.7 cm³/mol. The van der Waals surface area contributed by atoms with Crippen molar-refractivity contribution in [3.63, 3.8) is 0 Å². The largest absolute Gasteiger partial charge is 0.403 e. The summed E-state index contributed by atoms with van der Waals surface area (Å²) in [5, 5.41) is 1.83. The van der Waals surface area contributed by atoms with Gasteiger partial charge in [0.2, 0.25) is 0 Å². The monoisotopic (exact) mass is 299 g/mol. The fourth-order valence-corrected chi connectivity index (χ4v) is 1.89. The zero-order valence-corrected chi connectivity index (χ0v) is 15.2. The standard InChI is InChI=1S/C14H31N3.C2H6.C2H4/c1-3-5-7-8-9-10-12-17(16)14(13-15)11-6-4-2;2*1-2/h13H,3-12,15-16H2,1-2H3;1-2H3;1-2H2/b14-13-;;. The Morgan fingerprint density at radius 2 is 1.38 bits per heavy atom. The van der Waals surface area contributed by atoms with Gasteiger partial charge in [-0.25, -0.2) is 5.84 Å². The number of unbranched alkanes of at least 4 members (excludes halogenated alkanes) is 6. The number of nitrogens with zero attached hydrogens (tertiary/aromatic N) is 1. The molecule has 0 heterocycles. The van der Waals surface area contributed by atoms with E-state index in [2.05, 4.69) is 27.0 Å². The van der Waals surface area contributed by atoms with E-state index in [4.69, 9.17) is 11.6 Å². The maximum absolute atomic E-state index is 6.00. The molecule has 4 N–H and O–H groups in total. The van der Waals surface area contributed by atoms with Crippen LogP contribution in [0.2, 0.25) is 0 Å². The second-order valence-electron chi connectivity index (χ2n) is 4.72. The van der Waals surface area contributed by atoms with Gasteiger partial charge in [0.15, 0.2) is 0 Å². The van der Waals surface area contributed by atoms with Crippen LogP contribution in [0.5, 0.6) is 0 Å². The molecule has 0 radical (unpaired) electrons. The number of hydrogen-bond donors (Lipinski definition) is 2. The number of allylic oxidation sites excluding steroid dienone is 1. The first-order valence-electron chi connectivity index (χ1n) is 8.69. The van der Waals surface area contributed by atoms with E-state index in [9.17, 15) is 0 Å². The van der Waals surface area contributed by atoms with Crippen LogP contribution < -0.4 is 11.6 Å². The Morgan fingerprint density at radius 1 is 0.905 bits per heavy atom. The van der Waals surface area contributed by atoms with Gasteiger partial charge in [-0.2, -0.15) is 0 Å². The summed E-state index contributed by atoms with van der Waals surface area (Å²) in [4.78, 5) is 0. The van der Waals surface area contributed by atoms with Crippen LogP contribution in [0, 0.1) is 0 Å². The van der Waals surface area contributed by atoms with Crippen LogP contribution >= 0.6 is 0 Å². The molecular formula is C18H41N3. The van der Waals surface area contributed by atoms with Gasteiger partial charge >= 0.3 is 0 Å². The molecule has 0 aliphatic rings. The summed E-state index contributed by atoms with van der Waals surface area (Å²) in [5.41, 5.74) is 6.68. The normalized spacial score (nSPS) is 10.0. The minimum Gasteiger partial charge on any atom is -0.403 e. The van der Waals surface area contributed by atoms with Crippen molar-refractivity contribution in [1.82, 2.24) is 5.01 Å². The summed E-state index contributed by atoms with van der Waals surface area (Å²) in [6.45, 7) is 15.4. The molecule has 128 valence electrons. The quantitative estimate of drug-likeness (QED) is 0.234. The van der Waals surface area contributed by atoms with Gasteiger partial charge in [-0.3, -0.25) is 0 Å². The van der Waals surface area contributed by atoms with Gasteiger partial charge in [-0.05, 0) is 19.3 Å². The Balaban J connectivity index is -0.000000739. The molecule has 0 aromatic heterocycles. The van der Waals surface area contributed by atoms with Gasteiger partial charge in [0, 0.05) is 18.4 Å². The highest BCUT2D eigenvalue weighted by Gasteiger charge is 2.03. The third-order valence-electron chi connectivity index (χ3n) is 3.10. The number of rotatable bonds is 11. The van der Waals surface area contributed by atoms with Gasteiger partial charge in [-0.15, -0.1) is 13.2 Å². The van der Waals surface area contributed by atoms with Gasteiger partial charge in [-0.1, -0.05) is 66.2 Å². The predicted octanol–water partition coefficient (Wildman–Crippen LogP) is 5.34. The molecule has 0 aliphatic carbocycles. The third kappa shape index (κ3) is 19.0. The van der Waals surface area contributed by atoms with E-state index in [1.54, 1.807) is 6.20 Å². The molecule has 0 saturated heterocycles. The summed E-state index contributed by atoms with van der Waals surface area (Å²) in [7, 11) is 0. The molecule has 3 nitrogen and oxygen atoms in total. The summed E-state index contributed by atoms with van der Waals surface area (Å²) >= 11 is 0. The van der Waals surface area contributed by atoms with E-state index in [1.165, 1.54) is 44.9 Å². The molecule has 21 heavy (non-hydrogen) atoms. The first kappa shape index (κ1) is 25.0. The molecule has 0 spiro atoms. The van der Waals surface area contributed by atoms with E-state index in [1.807, 2.05) is 18.9 Å². The lowest BCUT2D eigenvalue weighted by molar-refractivity contribution is 0.330. The van der Waals surface area contributed by atoms with Crippen molar-refractivity contribution in [3.8, 4) is 0 Å². The van der Waals surface area contributed by atoms with Crippen molar-refractivity contribution >= 4 is 0 Å². The van der Waals surface area contributed by atoms with Crippen LogP contribution in [-0.4, -0.2) is 11.6 Å². The van der Waals surface area contributed by atoms with Crippen molar-refractivity contribution in [2.45, 2.75) is 85.5 Å². The van der Waals surface area contributed by atoms with Gasteiger partial charge in [0.05, 0.1) is 0 Å². The molecular weight excluding hydrogens is 258 g/mol. The van der Waals surface area contributed by atoms with Crippen molar-refractivity contribution in [2.75, 3.05) is 6.54 Å². The van der Waals surface area contributed by atoms with Crippen molar-refractivity contribution in [1.29, 1.82) is 0 Å². The first-order chi connectivity index (χ1) is 10.3. The Labute approximate surface area is 134 Å². The van der Waals surface area contributed by atoms with E-state index in [0.717, 1.165) is 25.1 Å². The number of hydrazine groups is 1. The van der Waals surface area contributed by atoms with E-state index in [-0.39, 0.29) is 0 Å². The molecule has 0 atom stereocenters. The van der Waals surface area contributed by atoms with Gasteiger partial charge in [0.25, 0.3) is 0 Å². The summed E-state index contributed by atoms with van der Waals surface area (Å²) in [5.74, 6) is 6.00. The molecule has 0 fully saturated rings. The molecule has 3 heteroatoms. The van der Waals surface area contributed by atoms with Gasteiger partial charge < -0.3 is 10.7 Å². The van der Waals surface area contributed by atoms with Crippen molar-refractivity contribution < 1.29 is 0 Å². The third-order valence-corrected chi connectivity index (χ3v) is 3.10. The van der Waals surface area contributed by atoms with E-state index in [0.29, 0.717) is 0 Å². The SMILES string of the molecule is C=C.CC.CCCCCCCCN(N)/C(=C\N)CCCC. The Morgan fingerprint density at radius 3 is 1.86 bits per heavy atom. The van der Waals surface area contributed by atoms with Crippen LogP contribution in [0.4, 0.5) is 0 Å². The zero-order valence-electron chi connectivity index (χ0n) is 15.2. The second kappa shape index (κ2) is 24.1. The molecule has 0 rings (SSSR count). The minimum atomic E-state index is 0.929. The first-order valence-corrected chi connectivity index (χ1v) is 8.69. The Hall–Kier alpha value is -0.960. The summed E-state index contributed by atoms with van der Waals surface area (Å²) < 4.78 is 0. The highest BCUT2D eigenvalue weighted by Crippen LogP contribution is 2.11. The topological polar surface area (TPSA) is 55.3 Å². The zero-order chi connectivity index (χ0) is 16.9. The fraction of sp³-hybridized carbons (Fsp3) is 0.778. The van der Waals surface area contributed by atoms with Crippen molar-refractivity contribution in [3.05, 3.63) is 25.1 Å². The highest BCUT2D eigenvalue weighted by molar-refractivity contribution is 4.96. The minimum absolute atomic E-state index is 0.929. The lowest BCUT2D eigenvalue weighted by Gasteiger charge is -2.21. The molecule has 0 aromatic carbocycles. The van der Waals surface area contributed by atoms with Crippen LogP contribution in [0.25, 0.3) is 0 Å². The number of hydrogen-bond acceptors (Lipinski definition) is 3. The van der Waals surface area contributed by atoms with Gasteiger partial charge in [0.1, 0.15) is 0 Å². The molecule has 0 aromatic rings. The smallest absolute Gasteiger partial charge is 0.0445 e. The Bertz CT molecular complexity index is 203. The molecule has 0 saturated carbocycles. The van der Waals surface area contributed by atoms with Crippen LogP contribution in [0.15, 0.2) is 25.1 Å². The van der Waals surface area contributed by atoms with Crippen LogP contribution in [0.3, 0.4) is 0 Å². The molecule has 0 bridgehead atoms. The second-order valence-corrected chi connectivity index (χ2v) is 4.72. The maximum Gasteiger partial charge on any atom is 0.0445 e. The molecule has 0 unspecified atom stereocenters. The Kier molecular flexibility index (Phi) is 28.7. The van der Waals surface area contributed by atoms with E-state index < -0.39 is 0 Å². The average Bonchev–Trinajstić information content (AvgIpc) is 2.55. The van der Waals surface area contributed by atoms with E-state index >= 15 is 0 Å². The van der Waals surface area contributed by atoms with Crippen LogP contribution in [0.1, 0.15) is 85.5 Å². The summed E-state index contributed by atoms with van der Waals surface area (Å²) in [6, 6.07) is 0. The average molecular weight is 300 g/mol. The lowest BCUT2D eigenvalue weighted by Crippen LogP contribution is -2.31. The lowest BCUT2D eigenvalue weighted by atomic mass is 10.1. The maximum atomic E-state index is 6.00. The van der Waals surface area contributed by atoms with Crippen LogP contribution in [-0.2, 0) is 0 Å². The summed E-state index contributed by atoms with van der Waals surface area (Å²) in [6.07, 6.45) is 12.8. The van der Waals surface area contributed by atoms with Crippen molar-refractivity contribution in [2.24, 2.45) is 11.6 Å².